The first-order valence-electron chi connectivity index (χ1n) is 19.9. The first kappa shape index (κ1) is 50.4. The summed E-state index contributed by atoms with van der Waals surface area (Å²) in [4.78, 5) is 28.3. The van der Waals surface area contributed by atoms with E-state index in [1.165, 1.54) is 0 Å². The second kappa shape index (κ2) is 22.7. The zero-order valence-corrected chi connectivity index (χ0v) is 36.3. The molecule has 4 rings (SSSR count). The number of aromatic nitrogens is 4. The van der Waals surface area contributed by atoms with Crippen molar-refractivity contribution in [3.63, 3.8) is 0 Å². The van der Waals surface area contributed by atoms with E-state index in [9.17, 15) is 30.0 Å². The SMILES string of the molecule is CC(C)O[C@@H]1OC(C(=O)NCCCN=[N+]=[N-])[C@@H](OC(C)(C)C)C(O)[C@H]1O.Cc1nnc(-c2ccc(CNC(=O)C3O[C@@H](OC(C)C)[C@H](O)C(O)[C@@H]3OC(C)(C)C)cc2)nn1. The molecule has 2 saturated heterocycles. The molecule has 2 aliphatic rings. The summed E-state index contributed by atoms with van der Waals surface area (Å²) >= 11 is 0. The molecule has 10 atom stereocenters. The second-order valence-corrected chi connectivity index (χ2v) is 16.9. The number of amides is 2. The van der Waals surface area contributed by atoms with Crippen LogP contribution in [0.25, 0.3) is 21.8 Å². The summed E-state index contributed by atoms with van der Waals surface area (Å²) in [6.07, 6.45) is -12.3. The fourth-order valence-electron chi connectivity index (χ4n) is 5.90. The van der Waals surface area contributed by atoms with Crippen molar-refractivity contribution in [3.05, 3.63) is 46.1 Å². The zero-order valence-electron chi connectivity index (χ0n) is 36.3. The highest BCUT2D eigenvalue weighted by Crippen LogP contribution is 2.30. The number of carbonyl (C=O) groups excluding carboxylic acids is 2. The van der Waals surface area contributed by atoms with Gasteiger partial charge in [0.1, 0.15) is 36.6 Å². The summed E-state index contributed by atoms with van der Waals surface area (Å²) in [5.74, 6) is -0.0940. The van der Waals surface area contributed by atoms with E-state index in [1.807, 2.05) is 24.3 Å². The summed E-state index contributed by atoms with van der Waals surface area (Å²) in [6, 6.07) is 7.27. The normalized spacial score (nSPS) is 27.1. The third-order valence-corrected chi connectivity index (χ3v) is 8.45. The standard InChI is InChI=1S/C23H33N5O6.C16H30N4O6/c1-12(2)32-22-17(30)16(29)18(34-23(4,5)6)19(33-22)21(31)24-11-14-7-9-15(10-8-14)20-27-25-13(3)26-28-20;1-9(2)24-15-11(22)10(21)12(26-16(3,4)5)13(25-15)14(23)18-7-6-8-19-20-17/h7-10,12,16-19,22,29-30H,11H2,1-6H3,(H,24,31);9-13,15,21-22H,6-8H2,1-5H3,(H,18,23)/t16?,17-,18+,19?,22-;10?,11-,12+,13?,15-/m11/s1. The van der Waals surface area contributed by atoms with Gasteiger partial charge in [0.15, 0.2) is 30.6 Å². The van der Waals surface area contributed by atoms with Gasteiger partial charge in [0, 0.05) is 30.1 Å². The summed E-state index contributed by atoms with van der Waals surface area (Å²) in [6.45, 7) is 20.2. The van der Waals surface area contributed by atoms with Gasteiger partial charge in [-0.15, -0.1) is 20.4 Å². The van der Waals surface area contributed by atoms with E-state index in [0.717, 1.165) is 11.1 Å². The van der Waals surface area contributed by atoms with Crippen molar-refractivity contribution in [2.75, 3.05) is 13.1 Å². The molecular formula is C39H63N9O12. The van der Waals surface area contributed by atoms with Crippen LogP contribution in [-0.4, -0.2) is 151 Å². The van der Waals surface area contributed by atoms with Gasteiger partial charge in [-0.3, -0.25) is 9.59 Å². The smallest absolute Gasteiger partial charge is 0.252 e. The number of azide groups is 1. The van der Waals surface area contributed by atoms with Gasteiger partial charge in [-0.05, 0) is 93.7 Å². The van der Waals surface area contributed by atoms with Gasteiger partial charge in [0.25, 0.3) is 11.8 Å². The van der Waals surface area contributed by atoms with Crippen molar-refractivity contribution in [2.45, 2.75) is 174 Å². The van der Waals surface area contributed by atoms with Crippen LogP contribution in [0.4, 0.5) is 0 Å². The molecule has 1 aromatic carbocycles. The Morgan fingerprint density at radius 1 is 0.767 bits per heavy atom. The van der Waals surface area contributed by atoms with Crippen LogP contribution in [0, 0.1) is 6.92 Å². The lowest BCUT2D eigenvalue weighted by Gasteiger charge is -2.44. The number of nitrogens with one attached hydrogen (secondary N) is 2. The number of aliphatic hydroxyl groups excluding tert-OH is 4. The molecule has 60 heavy (non-hydrogen) atoms. The predicted octanol–water partition coefficient (Wildman–Crippen LogP) is 1.77. The van der Waals surface area contributed by atoms with Crippen molar-refractivity contribution < 1.29 is 58.4 Å². The van der Waals surface area contributed by atoms with Gasteiger partial charge in [-0.1, -0.05) is 29.4 Å². The minimum absolute atomic E-state index is 0.209. The number of aryl methyl sites for hydroxylation is 1. The lowest BCUT2D eigenvalue weighted by Crippen LogP contribution is -2.64. The monoisotopic (exact) mass is 849 g/mol. The Morgan fingerprint density at radius 3 is 1.63 bits per heavy atom. The van der Waals surface area contributed by atoms with E-state index < -0.39 is 84.4 Å². The van der Waals surface area contributed by atoms with Gasteiger partial charge in [-0.25, -0.2) is 0 Å². The van der Waals surface area contributed by atoms with E-state index in [-0.39, 0.29) is 31.8 Å². The van der Waals surface area contributed by atoms with Gasteiger partial charge < -0.3 is 59.5 Å². The van der Waals surface area contributed by atoms with Crippen molar-refractivity contribution in [1.82, 2.24) is 31.0 Å². The summed E-state index contributed by atoms with van der Waals surface area (Å²) < 4.78 is 34.1. The molecule has 1 aromatic heterocycles. The van der Waals surface area contributed by atoms with Crippen LogP contribution in [0.1, 0.15) is 87.0 Å². The highest BCUT2D eigenvalue weighted by molar-refractivity contribution is 5.82. The zero-order chi connectivity index (χ0) is 44.9. The number of ether oxygens (including phenoxy) is 6. The minimum Gasteiger partial charge on any atom is -0.387 e. The maximum Gasteiger partial charge on any atom is 0.252 e. The molecule has 0 saturated carbocycles. The fourth-order valence-corrected chi connectivity index (χ4v) is 5.90. The number of rotatable bonds is 15. The number of aliphatic hydroxyl groups is 4. The van der Waals surface area contributed by atoms with Gasteiger partial charge >= 0.3 is 0 Å². The lowest BCUT2D eigenvalue weighted by atomic mass is 9.96. The summed E-state index contributed by atoms with van der Waals surface area (Å²) in [5, 5.41) is 66.6. The summed E-state index contributed by atoms with van der Waals surface area (Å²) in [5.41, 5.74) is 8.46. The number of hydrogen-bond acceptors (Lipinski definition) is 17. The van der Waals surface area contributed by atoms with Crippen molar-refractivity contribution in [1.29, 1.82) is 0 Å². The Morgan fingerprint density at radius 2 is 1.22 bits per heavy atom. The third kappa shape index (κ3) is 15.8. The largest absolute Gasteiger partial charge is 0.387 e. The molecule has 0 bridgehead atoms. The number of benzene rings is 1. The van der Waals surface area contributed by atoms with E-state index in [1.54, 1.807) is 76.2 Å². The van der Waals surface area contributed by atoms with Crippen LogP contribution in [0.2, 0.25) is 0 Å². The van der Waals surface area contributed by atoms with Crippen LogP contribution in [0.3, 0.4) is 0 Å². The Bertz CT molecular complexity index is 1690. The first-order valence-corrected chi connectivity index (χ1v) is 19.9. The van der Waals surface area contributed by atoms with Crippen molar-refractivity contribution in [3.8, 4) is 11.4 Å². The molecule has 4 unspecified atom stereocenters. The molecule has 0 spiro atoms. The average Bonchev–Trinajstić information content (AvgIpc) is 3.16. The molecule has 2 fully saturated rings. The Hall–Kier alpha value is -3.99. The topological polar surface area (TPSA) is 295 Å². The molecule has 0 radical (unpaired) electrons. The number of carbonyl (C=O) groups is 2. The van der Waals surface area contributed by atoms with Crippen LogP contribution in [0.15, 0.2) is 29.4 Å². The molecule has 2 aliphatic heterocycles. The Balaban J connectivity index is 0.000000333. The molecule has 3 heterocycles. The summed E-state index contributed by atoms with van der Waals surface area (Å²) in [7, 11) is 0. The molecule has 6 N–H and O–H groups in total. The van der Waals surface area contributed by atoms with Crippen LogP contribution < -0.4 is 10.6 Å². The van der Waals surface area contributed by atoms with E-state index >= 15 is 0 Å². The van der Waals surface area contributed by atoms with Crippen molar-refractivity contribution >= 4 is 11.8 Å². The van der Waals surface area contributed by atoms with Gasteiger partial charge in [-0.2, -0.15) is 0 Å². The molecule has 21 heteroatoms. The fraction of sp³-hybridized carbons (Fsp3) is 0.744. The Labute approximate surface area is 350 Å². The maximum atomic E-state index is 13.1. The highest BCUT2D eigenvalue weighted by atomic mass is 16.7. The first-order chi connectivity index (χ1) is 28.0. The van der Waals surface area contributed by atoms with E-state index in [2.05, 4.69) is 41.1 Å². The molecular weight excluding hydrogens is 786 g/mol. The maximum absolute atomic E-state index is 13.1. The van der Waals surface area contributed by atoms with Crippen LogP contribution in [0.5, 0.6) is 0 Å². The number of hydrogen-bond donors (Lipinski definition) is 6. The Kier molecular flexibility index (Phi) is 19.1. The third-order valence-electron chi connectivity index (χ3n) is 8.45. The molecule has 0 aliphatic carbocycles. The second-order valence-electron chi connectivity index (χ2n) is 16.9. The quantitative estimate of drug-likeness (QED) is 0.0644. The highest BCUT2D eigenvalue weighted by Gasteiger charge is 2.51. The lowest BCUT2D eigenvalue weighted by molar-refractivity contribution is -0.313. The molecule has 21 nitrogen and oxygen atoms in total. The molecule has 336 valence electrons. The number of nitrogens with zero attached hydrogens (tertiary/aromatic N) is 7. The van der Waals surface area contributed by atoms with E-state index in [4.69, 9.17) is 34.0 Å². The van der Waals surface area contributed by atoms with Crippen LogP contribution in [-0.2, 0) is 44.6 Å². The minimum atomic E-state index is -1.37. The van der Waals surface area contributed by atoms with Gasteiger partial charge in [0.05, 0.1) is 23.4 Å². The van der Waals surface area contributed by atoms with Crippen LogP contribution >= 0.6 is 0 Å². The molecule has 2 amide bonds. The molecule has 2 aromatic rings. The predicted molar refractivity (Wildman–Crippen MR) is 214 cm³/mol. The average molecular weight is 850 g/mol. The van der Waals surface area contributed by atoms with E-state index in [0.29, 0.717) is 18.1 Å². The van der Waals surface area contributed by atoms with Gasteiger partial charge in [0.2, 0.25) is 5.82 Å². The van der Waals surface area contributed by atoms with Crippen molar-refractivity contribution in [2.24, 2.45) is 5.11 Å².